The van der Waals surface area contributed by atoms with Crippen LogP contribution in [-0.4, -0.2) is 35.2 Å². The van der Waals surface area contributed by atoms with Crippen molar-refractivity contribution in [2.45, 2.75) is 19.3 Å². The average molecular weight is 338 g/mol. The second-order valence-electron chi connectivity index (χ2n) is 4.99. The highest BCUT2D eigenvalue weighted by Gasteiger charge is 2.24. The zero-order chi connectivity index (χ0) is 15.7. The minimum absolute atomic E-state index is 0.171. The van der Waals surface area contributed by atoms with Gasteiger partial charge in [-0.15, -0.1) is 22.7 Å². The second-order valence-corrected chi connectivity index (χ2v) is 6.93. The van der Waals surface area contributed by atoms with Crippen molar-refractivity contribution in [1.29, 1.82) is 0 Å². The lowest BCUT2D eigenvalue weighted by atomic mass is 10.1. The standard InChI is InChI=1S/C14H14N2O4S2/c1-7-11(22-13(15-7)8-2-3-20-5-8)12(17)16-10-4-9(6-21-10)14(18)19/h4,6,8H,2-3,5H2,1H3,(H,16,17)(H,18,19). The lowest BCUT2D eigenvalue weighted by molar-refractivity contribution is 0.0697. The first-order chi connectivity index (χ1) is 10.5. The number of thiophene rings is 1. The fraction of sp³-hybridized carbons (Fsp3) is 0.357. The van der Waals surface area contributed by atoms with E-state index < -0.39 is 5.97 Å². The van der Waals surface area contributed by atoms with E-state index in [1.165, 1.54) is 34.1 Å². The van der Waals surface area contributed by atoms with Crippen LogP contribution in [0.25, 0.3) is 0 Å². The minimum Gasteiger partial charge on any atom is -0.478 e. The van der Waals surface area contributed by atoms with E-state index in [1.807, 2.05) is 6.92 Å². The van der Waals surface area contributed by atoms with Crippen molar-refractivity contribution < 1.29 is 19.4 Å². The maximum Gasteiger partial charge on any atom is 0.336 e. The first-order valence-corrected chi connectivity index (χ1v) is 8.42. The molecule has 0 aromatic carbocycles. The molecule has 0 saturated carbocycles. The zero-order valence-electron chi connectivity index (χ0n) is 11.8. The summed E-state index contributed by atoms with van der Waals surface area (Å²) >= 11 is 2.57. The molecule has 1 amide bonds. The number of carboxylic acids is 1. The van der Waals surface area contributed by atoms with E-state index in [0.717, 1.165) is 18.0 Å². The van der Waals surface area contributed by atoms with E-state index in [4.69, 9.17) is 9.84 Å². The summed E-state index contributed by atoms with van der Waals surface area (Å²) in [6, 6.07) is 1.45. The first kappa shape index (κ1) is 15.1. The van der Waals surface area contributed by atoms with Crippen LogP contribution in [0.15, 0.2) is 11.4 Å². The number of anilines is 1. The smallest absolute Gasteiger partial charge is 0.336 e. The van der Waals surface area contributed by atoms with Crippen LogP contribution in [0.5, 0.6) is 0 Å². The Kier molecular flexibility index (Phi) is 4.23. The Balaban J connectivity index is 1.75. The largest absolute Gasteiger partial charge is 0.478 e. The number of carbonyl (C=O) groups is 2. The molecule has 3 heterocycles. The molecule has 3 rings (SSSR count). The van der Waals surface area contributed by atoms with Crippen LogP contribution in [0.4, 0.5) is 5.00 Å². The number of hydrogen-bond donors (Lipinski definition) is 2. The number of nitrogens with one attached hydrogen (secondary N) is 1. The molecule has 2 aromatic rings. The summed E-state index contributed by atoms with van der Waals surface area (Å²) in [5.41, 5.74) is 0.865. The van der Waals surface area contributed by atoms with Crippen LogP contribution in [-0.2, 0) is 4.74 Å². The summed E-state index contributed by atoms with van der Waals surface area (Å²) in [5.74, 6) is -0.987. The molecule has 8 heteroatoms. The molecule has 1 saturated heterocycles. The van der Waals surface area contributed by atoms with Gasteiger partial charge in [0.2, 0.25) is 0 Å². The van der Waals surface area contributed by atoms with E-state index >= 15 is 0 Å². The number of thiazole rings is 1. The van der Waals surface area contributed by atoms with Crippen LogP contribution in [0.2, 0.25) is 0 Å². The van der Waals surface area contributed by atoms with Crippen LogP contribution in [0.1, 0.15) is 43.1 Å². The summed E-state index contributed by atoms with van der Waals surface area (Å²) < 4.78 is 5.35. The van der Waals surface area contributed by atoms with Crippen molar-refractivity contribution in [2.75, 3.05) is 18.5 Å². The number of aryl methyl sites for hydroxylation is 1. The minimum atomic E-state index is -1.01. The highest BCUT2D eigenvalue weighted by atomic mass is 32.1. The number of ether oxygens (including phenoxy) is 1. The van der Waals surface area contributed by atoms with Crippen molar-refractivity contribution in [3.8, 4) is 0 Å². The van der Waals surface area contributed by atoms with Gasteiger partial charge >= 0.3 is 5.97 Å². The van der Waals surface area contributed by atoms with Crippen LogP contribution in [0, 0.1) is 6.92 Å². The third-order valence-corrected chi connectivity index (χ3v) is 5.55. The predicted octanol–water partition coefficient (Wildman–Crippen LogP) is 2.97. The van der Waals surface area contributed by atoms with Gasteiger partial charge in [0, 0.05) is 17.9 Å². The Morgan fingerprint density at radius 1 is 1.50 bits per heavy atom. The average Bonchev–Trinajstić information content (AvgIpc) is 3.16. The molecule has 116 valence electrons. The summed E-state index contributed by atoms with van der Waals surface area (Å²) in [6.45, 7) is 3.20. The summed E-state index contributed by atoms with van der Waals surface area (Å²) in [5, 5.41) is 14.6. The topological polar surface area (TPSA) is 88.5 Å². The Hall–Kier alpha value is -1.77. The number of carboxylic acid groups (broad SMARTS) is 1. The Morgan fingerprint density at radius 2 is 2.32 bits per heavy atom. The molecular formula is C14H14N2O4S2. The molecule has 6 nitrogen and oxygen atoms in total. The zero-order valence-corrected chi connectivity index (χ0v) is 13.4. The molecule has 2 N–H and O–H groups in total. The number of aromatic nitrogens is 1. The van der Waals surface area contributed by atoms with Crippen molar-refractivity contribution >= 4 is 39.6 Å². The molecule has 2 aromatic heterocycles. The number of carbonyl (C=O) groups excluding carboxylic acids is 1. The third kappa shape index (κ3) is 3.03. The van der Waals surface area contributed by atoms with E-state index in [9.17, 15) is 9.59 Å². The highest BCUT2D eigenvalue weighted by molar-refractivity contribution is 7.15. The van der Waals surface area contributed by atoms with Crippen molar-refractivity contribution in [2.24, 2.45) is 0 Å². The molecule has 1 unspecified atom stereocenters. The first-order valence-electron chi connectivity index (χ1n) is 6.73. The normalized spacial score (nSPS) is 17.6. The van der Waals surface area contributed by atoms with Crippen molar-refractivity contribution in [1.82, 2.24) is 4.98 Å². The molecule has 1 aliphatic rings. The second kappa shape index (κ2) is 6.15. The molecule has 22 heavy (non-hydrogen) atoms. The lowest BCUT2D eigenvalue weighted by Gasteiger charge is -2.01. The van der Waals surface area contributed by atoms with Crippen LogP contribution < -0.4 is 5.32 Å². The van der Waals surface area contributed by atoms with Gasteiger partial charge in [-0.2, -0.15) is 0 Å². The quantitative estimate of drug-likeness (QED) is 0.895. The molecule has 0 radical (unpaired) electrons. The number of nitrogens with zero attached hydrogens (tertiary/aromatic N) is 1. The van der Waals surface area contributed by atoms with E-state index in [1.54, 1.807) is 0 Å². The van der Waals surface area contributed by atoms with Gasteiger partial charge in [0.25, 0.3) is 5.91 Å². The number of amides is 1. The van der Waals surface area contributed by atoms with Gasteiger partial charge in [-0.25, -0.2) is 9.78 Å². The monoisotopic (exact) mass is 338 g/mol. The van der Waals surface area contributed by atoms with Crippen LogP contribution in [0.3, 0.4) is 0 Å². The van der Waals surface area contributed by atoms with Gasteiger partial charge in [-0.1, -0.05) is 0 Å². The maximum atomic E-state index is 12.3. The van der Waals surface area contributed by atoms with Gasteiger partial charge in [-0.05, 0) is 19.4 Å². The van der Waals surface area contributed by atoms with Gasteiger partial charge in [-0.3, -0.25) is 4.79 Å². The maximum absolute atomic E-state index is 12.3. The van der Waals surface area contributed by atoms with Crippen molar-refractivity contribution in [3.63, 3.8) is 0 Å². The number of aromatic carboxylic acids is 1. The molecule has 1 atom stereocenters. The van der Waals surface area contributed by atoms with Gasteiger partial charge in [0.15, 0.2) is 0 Å². The van der Waals surface area contributed by atoms with Gasteiger partial charge in [0.05, 0.1) is 27.9 Å². The van der Waals surface area contributed by atoms with Gasteiger partial charge < -0.3 is 15.2 Å². The van der Waals surface area contributed by atoms with Gasteiger partial charge in [0.1, 0.15) is 4.88 Å². The van der Waals surface area contributed by atoms with Crippen molar-refractivity contribution in [3.05, 3.63) is 32.6 Å². The molecule has 0 bridgehead atoms. The number of rotatable bonds is 4. The third-order valence-electron chi connectivity index (χ3n) is 3.38. The summed E-state index contributed by atoms with van der Waals surface area (Å²) in [4.78, 5) is 28.2. The SMILES string of the molecule is Cc1nc(C2CCOC2)sc1C(=O)Nc1cc(C(=O)O)cs1. The fourth-order valence-corrected chi connectivity index (χ4v) is 4.07. The molecule has 1 aliphatic heterocycles. The fourth-order valence-electron chi connectivity index (χ4n) is 2.21. The highest BCUT2D eigenvalue weighted by Crippen LogP contribution is 2.31. The van der Waals surface area contributed by atoms with E-state index in [-0.39, 0.29) is 17.4 Å². The molecular weight excluding hydrogens is 324 g/mol. The Bertz CT molecular complexity index is 716. The predicted molar refractivity (Wildman–Crippen MR) is 84.3 cm³/mol. The Morgan fingerprint density at radius 3 is 2.95 bits per heavy atom. The van der Waals surface area contributed by atoms with E-state index in [2.05, 4.69) is 10.3 Å². The summed E-state index contributed by atoms with van der Waals surface area (Å²) in [7, 11) is 0. The number of hydrogen-bond acceptors (Lipinski definition) is 6. The lowest BCUT2D eigenvalue weighted by Crippen LogP contribution is -2.10. The molecule has 1 fully saturated rings. The molecule has 0 aliphatic carbocycles. The van der Waals surface area contributed by atoms with E-state index in [0.29, 0.717) is 22.2 Å². The Labute approximate surface area is 134 Å². The summed E-state index contributed by atoms with van der Waals surface area (Å²) in [6.07, 6.45) is 0.931. The van der Waals surface area contributed by atoms with Crippen LogP contribution >= 0.6 is 22.7 Å². The molecule has 0 spiro atoms.